The van der Waals surface area contributed by atoms with Crippen LogP contribution in [0.25, 0.3) is 0 Å². The average molecular weight is 293 g/mol. The van der Waals surface area contributed by atoms with Crippen molar-refractivity contribution in [2.75, 3.05) is 0 Å². The van der Waals surface area contributed by atoms with Crippen molar-refractivity contribution in [1.29, 1.82) is 0 Å². The van der Waals surface area contributed by atoms with E-state index in [1.54, 1.807) is 12.1 Å². The first-order chi connectivity index (χ1) is 9.32. The summed E-state index contributed by atoms with van der Waals surface area (Å²) < 4.78 is 33.3. The molecule has 4 nitrogen and oxygen atoms in total. The second-order valence-corrected chi connectivity index (χ2v) is 5.86. The van der Waals surface area contributed by atoms with Gasteiger partial charge in [0.1, 0.15) is 16.7 Å². The Labute approximate surface area is 120 Å². The minimum Gasteiger partial charge on any atom is -0.744 e. The van der Waals surface area contributed by atoms with Gasteiger partial charge < -0.3 is 4.55 Å². The predicted molar refractivity (Wildman–Crippen MR) is 76.2 cm³/mol. The van der Waals surface area contributed by atoms with Gasteiger partial charge in [0.2, 0.25) is 0 Å². The van der Waals surface area contributed by atoms with Crippen molar-refractivity contribution in [1.82, 2.24) is 0 Å². The van der Waals surface area contributed by atoms with E-state index in [9.17, 15) is 13.0 Å². The molecule has 0 spiro atoms. The third kappa shape index (κ3) is 5.50. The van der Waals surface area contributed by atoms with E-state index in [1.165, 1.54) is 17.7 Å². The van der Waals surface area contributed by atoms with Crippen molar-refractivity contribution in [3.05, 3.63) is 59.9 Å². The first kappa shape index (κ1) is 16.3. The molecule has 0 atom stereocenters. The quantitative estimate of drug-likeness (QED) is 0.630. The van der Waals surface area contributed by atoms with Crippen molar-refractivity contribution >= 4 is 10.1 Å². The van der Waals surface area contributed by atoms with Crippen LogP contribution in [0.5, 0.6) is 0 Å². The van der Waals surface area contributed by atoms with E-state index in [0.717, 1.165) is 12.1 Å². The van der Waals surface area contributed by atoms with Crippen LogP contribution in [0.15, 0.2) is 53.7 Å². The molecule has 0 unspecified atom stereocenters. The molecule has 2 rings (SSSR count). The molecule has 1 aromatic heterocycles. The summed E-state index contributed by atoms with van der Waals surface area (Å²) in [4.78, 5) is -0.178. The second-order valence-electron chi connectivity index (χ2n) is 4.48. The van der Waals surface area contributed by atoms with Crippen molar-refractivity contribution < 1.29 is 17.5 Å². The number of aromatic nitrogens is 1. The lowest BCUT2D eigenvalue weighted by Gasteiger charge is -2.05. The van der Waals surface area contributed by atoms with Gasteiger partial charge in [-0.15, -0.1) is 0 Å². The molecule has 0 bridgehead atoms. The van der Waals surface area contributed by atoms with Crippen LogP contribution in [0.4, 0.5) is 0 Å². The number of nitrogens with zero attached hydrogens (tertiary/aromatic N) is 1. The van der Waals surface area contributed by atoms with E-state index in [-0.39, 0.29) is 4.90 Å². The predicted octanol–water partition coefficient (Wildman–Crippen LogP) is 2.20. The topological polar surface area (TPSA) is 61.1 Å². The van der Waals surface area contributed by atoms with Gasteiger partial charge in [0.15, 0.2) is 12.4 Å². The third-order valence-electron chi connectivity index (χ3n) is 2.68. The van der Waals surface area contributed by atoms with Gasteiger partial charge in [-0.1, -0.05) is 17.7 Å². The molecule has 1 heterocycles. The Kier molecular flexibility index (Phi) is 5.85. The van der Waals surface area contributed by atoms with Crippen LogP contribution < -0.4 is 4.57 Å². The fraction of sp³-hybridized carbons (Fsp3) is 0.267. The van der Waals surface area contributed by atoms with Gasteiger partial charge in [-0.25, -0.2) is 13.0 Å². The number of hydrogen-bond donors (Lipinski definition) is 0. The molecule has 0 amide bonds. The molecule has 0 fully saturated rings. The van der Waals surface area contributed by atoms with Crippen LogP contribution in [0, 0.1) is 13.8 Å². The van der Waals surface area contributed by atoms with Crippen molar-refractivity contribution in [2.45, 2.75) is 32.2 Å². The Morgan fingerprint density at radius 3 is 2.05 bits per heavy atom. The monoisotopic (exact) mass is 293 g/mol. The standard InChI is InChI=1S/C8H12N.C7H8O3S/c1-3-9-6-4-5-8(2)7-9;1-6-2-4-7(5-3-6)11(8,9)10/h4-7H,3H2,1-2H3;2-5H,1H3,(H,8,9,10)/q+1;/p-1. The smallest absolute Gasteiger partial charge is 0.171 e. The molecule has 2 aromatic rings. The summed E-state index contributed by atoms with van der Waals surface area (Å²) in [5.41, 5.74) is 2.25. The zero-order valence-electron chi connectivity index (χ0n) is 11.9. The first-order valence-corrected chi connectivity index (χ1v) is 7.72. The summed E-state index contributed by atoms with van der Waals surface area (Å²) in [5, 5.41) is 0. The highest BCUT2D eigenvalue weighted by molar-refractivity contribution is 7.85. The molecule has 0 saturated heterocycles. The van der Waals surface area contributed by atoms with Crippen LogP contribution in [-0.4, -0.2) is 13.0 Å². The maximum absolute atomic E-state index is 10.4. The van der Waals surface area contributed by atoms with E-state index in [4.69, 9.17) is 0 Å². The fourth-order valence-electron chi connectivity index (χ4n) is 1.55. The van der Waals surface area contributed by atoms with E-state index < -0.39 is 10.1 Å². The molecule has 0 radical (unpaired) electrons. The number of hydrogen-bond acceptors (Lipinski definition) is 3. The lowest BCUT2D eigenvalue weighted by atomic mass is 10.2. The highest BCUT2D eigenvalue weighted by Crippen LogP contribution is 2.08. The Morgan fingerprint density at radius 2 is 1.65 bits per heavy atom. The van der Waals surface area contributed by atoms with Gasteiger partial charge in [0, 0.05) is 11.6 Å². The molecule has 0 aliphatic carbocycles. The molecule has 0 saturated carbocycles. The zero-order chi connectivity index (χ0) is 15.2. The summed E-state index contributed by atoms with van der Waals surface area (Å²) in [6.07, 6.45) is 4.22. The minimum absolute atomic E-state index is 0.178. The van der Waals surface area contributed by atoms with Crippen molar-refractivity contribution in [3.8, 4) is 0 Å². The zero-order valence-corrected chi connectivity index (χ0v) is 12.7. The highest BCUT2D eigenvalue weighted by atomic mass is 32.2. The Morgan fingerprint density at radius 1 is 1.05 bits per heavy atom. The summed E-state index contributed by atoms with van der Waals surface area (Å²) in [6, 6.07) is 9.95. The summed E-state index contributed by atoms with van der Waals surface area (Å²) in [5.74, 6) is 0. The summed E-state index contributed by atoms with van der Waals surface area (Å²) >= 11 is 0. The molecular weight excluding hydrogens is 274 g/mol. The number of pyridine rings is 1. The van der Waals surface area contributed by atoms with Crippen molar-refractivity contribution in [3.63, 3.8) is 0 Å². The van der Waals surface area contributed by atoms with Gasteiger partial charge in [-0.3, -0.25) is 0 Å². The highest BCUT2D eigenvalue weighted by Gasteiger charge is 1.97. The SMILES string of the molecule is CC[n+]1cccc(C)c1.Cc1ccc(S(=O)(=O)[O-])cc1. The van der Waals surface area contributed by atoms with Gasteiger partial charge in [0.05, 0.1) is 4.90 Å². The van der Waals surface area contributed by atoms with Crippen LogP contribution in [0.1, 0.15) is 18.1 Å². The summed E-state index contributed by atoms with van der Waals surface area (Å²) in [7, 11) is -4.27. The molecule has 20 heavy (non-hydrogen) atoms. The molecule has 0 N–H and O–H groups in total. The maximum atomic E-state index is 10.4. The van der Waals surface area contributed by atoms with Gasteiger partial charge in [0.25, 0.3) is 0 Å². The molecular formula is C15H19NO3S. The second kappa shape index (κ2) is 7.17. The molecule has 0 aliphatic rings. The lowest BCUT2D eigenvalue weighted by molar-refractivity contribution is -0.693. The largest absolute Gasteiger partial charge is 0.744 e. The van der Waals surface area contributed by atoms with E-state index in [2.05, 4.69) is 42.9 Å². The number of aryl methyl sites for hydroxylation is 3. The Bertz CT molecular complexity index is 649. The number of benzene rings is 1. The van der Waals surface area contributed by atoms with E-state index in [1.807, 2.05) is 6.92 Å². The van der Waals surface area contributed by atoms with Crippen LogP contribution in [0.2, 0.25) is 0 Å². The Hall–Kier alpha value is -1.72. The fourth-order valence-corrected chi connectivity index (χ4v) is 2.02. The average Bonchev–Trinajstić information content (AvgIpc) is 2.39. The summed E-state index contributed by atoms with van der Waals surface area (Å²) in [6.45, 7) is 7.12. The van der Waals surface area contributed by atoms with Gasteiger partial charge in [-0.05, 0) is 39.0 Å². The van der Waals surface area contributed by atoms with Crippen LogP contribution >= 0.6 is 0 Å². The molecule has 108 valence electrons. The minimum atomic E-state index is -4.27. The van der Waals surface area contributed by atoms with E-state index in [0.29, 0.717) is 0 Å². The van der Waals surface area contributed by atoms with Gasteiger partial charge in [-0.2, -0.15) is 0 Å². The van der Waals surface area contributed by atoms with Crippen LogP contribution in [-0.2, 0) is 16.7 Å². The number of rotatable bonds is 2. The van der Waals surface area contributed by atoms with E-state index >= 15 is 0 Å². The lowest BCUT2D eigenvalue weighted by Crippen LogP contribution is -2.30. The Balaban J connectivity index is 0.000000204. The molecule has 1 aromatic carbocycles. The normalized spacial score (nSPS) is 10.6. The van der Waals surface area contributed by atoms with Gasteiger partial charge >= 0.3 is 0 Å². The maximum Gasteiger partial charge on any atom is 0.171 e. The van der Waals surface area contributed by atoms with Crippen LogP contribution in [0.3, 0.4) is 0 Å². The third-order valence-corrected chi connectivity index (χ3v) is 3.53. The molecule has 0 aliphatic heterocycles. The molecule has 5 heteroatoms. The van der Waals surface area contributed by atoms with Crippen molar-refractivity contribution in [2.24, 2.45) is 0 Å². The first-order valence-electron chi connectivity index (χ1n) is 6.31.